The summed E-state index contributed by atoms with van der Waals surface area (Å²) in [5.74, 6) is 0.0553. The van der Waals surface area contributed by atoms with Crippen LogP contribution in [0.15, 0.2) is 24.3 Å². The summed E-state index contributed by atoms with van der Waals surface area (Å²) in [4.78, 5) is 30.6. The van der Waals surface area contributed by atoms with Crippen molar-refractivity contribution in [2.45, 2.75) is 65.9 Å². The van der Waals surface area contributed by atoms with Crippen molar-refractivity contribution in [1.29, 1.82) is 0 Å². The van der Waals surface area contributed by atoms with E-state index < -0.39 is 0 Å². The zero-order chi connectivity index (χ0) is 21.6. The van der Waals surface area contributed by atoms with E-state index in [0.29, 0.717) is 24.8 Å². The molecule has 0 fully saturated rings. The van der Waals surface area contributed by atoms with Crippen molar-refractivity contribution >= 4 is 11.9 Å². The molecule has 1 aromatic rings. The van der Waals surface area contributed by atoms with Crippen LogP contribution in [-0.2, 0) is 20.8 Å². The highest BCUT2D eigenvalue weighted by Gasteiger charge is 2.25. The number of allylic oxidation sites excluding steroid dienone is 1. The topological polar surface area (TPSA) is 55.8 Å². The molecule has 5 heteroatoms. The first-order chi connectivity index (χ1) is 13.7. The molecule has 2 atom stereocenters. The minimum atomic E-state index is -0.260. The molecular weight excluding hydrogens is 366 g/mol. The molecule has 1 amide bonds. The molecule has 0 bridgehead atoms. The smallest absolute Gasteiger partial charge is 0.338 e. The Hall–Kier alpha value is -2.14. The number of hydroxylamine groups is 2. The van der Waals surface area contributed by atoms with Crippen molar-refractivity contribution < 1.29 is 19.2 Å². The lowest BCUT2D eigenvalue weighted by Gasteiger charge is -2.25. The van der Waals surface area contributed by atoms with Crippen LogP contribution in [0.1, 0.15) is 66.6 Å². The van der Waals surface area contributed by atoms with Crippen molar-refractivity contribution in [2.75, 3.05) is 14.2 Å². The summed E-state index contributed by atoms with van der Waals surface area (Å²) in [7, 11) is 3.12. The number of nitrogens with zero attached hydrogens (tertiary/aromatic N) is 1. The van der Waals surface area contributed by atoms with Crippen LogP contribution in [0.25, 0.3) is 0 Å². The minimum Gasteiger partial charge on any atom is -0.458 e. The van der Waals surface area contributed by atoms with Crippen LogP contribution in [0.3, 0.4) is 0 Å². The van der Waals surface area contributed by atoms with E-state index in [1.165, 1.54) is 12.2 Å². The summed E-state index contributed by atoms with van der Waals surface area (Å²) in [6.45, 7) is 8.15. The second-order valence-electron chi connectivity index (χ2n) is 8.44. The Morgan fingerprint density at radius 3 is 2.66 bits per heavy atom. The Bertz CT molecular complexity index is 753. The van der Waals surface area contributed by atoms with Gasteiger partial charge >= 0.3 is 5.97 Å². The fraction of sp³-hybridized carbons (Fsp3) is 0.583. The summed E-state index contributed by atoms with van der Waals surface area (Å²) in [6.07, 6.45) is 7.64. The maximum absolute atomic E-state index is 13.1. The highest BCUT2D eigenvalue weighted by molar-refractivity contribution is 5.93. The van der Waals surface area contributed by atoms with E-state index in [2.05, 4.69) is 32.1 Å². The highest BCUT2D eigenvalue weighted by atomic mass is 16.7. The molecule has 1 aliphatic rings. The predicted octanol–water partition coefficient (Wildman–Crippen LogP) is 4.79. The van der Waals surface area contributed by atoms with E-state index in [1.807, 2.05) is 19.9 Å². The Balaban J connectivity index is 2.40. The number of hydrogen-bond acceptors (Lipinski definition) is 4. The lowest BCUT2D eigenvalue weighted by molar-refractivity contribution is -0.169. The molecule has 0 aliphatic carbocycles. The van der Waals surface area contributed by atoms with E-state index in [-0.39, 0.29) is 29.8 Å². The van der Waals surface area contributed by atoms with Gasteiger partial charge in [-0.25, -0.2) is 9.86 Å². The first kappa shape index (κ1) is 23.1. The quantitative estimate of drug-likeness (QED) is 0.413. The summed E-state index contributed by atoms with van der Waals surface area (Å²) in [5.41, 5.74) is 3.67. The second kappa shape index (κ2) is 10.6. The van der Waals surface area contributed by atoms with Gasteiger partial charge in [0, 0.05) is 19.9 Å². The van der Waals surface area contributed by atoms with Gasteiger partial charge in [-0.2, -0.15) is 0 Å². The third kappa shape index (κ3) is 6.43. The molecular formula is C24H35NO4. The van der Waals surface area contributed by atoms with Gasteiger partial charge in [-0.05, 0) is 56.1 Å². The van der Waals surface area contributed by atoms with Crippen molar-refractivity contribution in [3.63, 3.8) is 0 Å². The number of hydrogen-bond donors (Lipinski definition) is 0. The Labute approximate surface area is 175 Å². The third-order valence-electron chi connectivity index (χ3n) is 5.64. The third-order valence-corrected chi connectivity index (χ3v) is 5.64. The number of rotatable bonds is 4. The summed E-state index contributed by atoms with van der Waals surface area (Å²) in [6, 6.07) is 4.09. The van der Waals surface area contributed by atoms with E-state index in [0.717, 1.165) is 29.5 Å². The number of amides is 1. The molecule has 2 rings (SSSR count). The van der Waals surface area contributed by atoms with E-state index in [1.54, 1.807) is 7.05 Å². The average Bonchev–Trinajstić information content (AvgIpc) is 2.64. The molecule has 1 aliphatic heterocycles. The number of benzene rings is 1. The largest absolute Gasteiger partial charge is 0.458 e. The van der Waals surface area contributed by atoms with Gasteiger partial charge in [-0.15, -0.1) is 0 Å². The average molecular weight is 402 g/mol. The van der Waals surface area contributed by atoms with Crippen molar-refractivity contribution in [1.82, 2.24) is 5.06 Å². The van der Waals surface area contributed by atoms with Crippen LogP contribution < -0.4 is 0 Å². The SMILES string of the molecule is CON(C)C(=O)CC1CC/C=C/C[C@@H](C(C)C)OC(=O)c2c(C)cc(C)cc2C1. The first-order valence-electron chi connectivity index (χ1n) is 10.5. The molecule has 1 aromatic carbocycles. The van der Waals surface area contributed by atoms with E-state index in [4.69, 9.17) is 9.57 Å². The standard InChI is InChI=1S/C24H35NO4/c1-16(2)21-11-9-7-8-10-19(15-22(26)25(5)28-6)14-20-13-17(3)12-18(4)23(20)24(27)29-21/h7,9,12-13,16,19,21H,8,10-11,14-15H2,1-6H3/b9-7+/t19?,21-/m0/s1. The van der Waals surface area contributed by atoms with Crippen LogP contribution >= 0.6 is 0 Å². The maximum atomic E-state index is 13.1. The van der Waals surface area contributed by atoms with Crippen LogP contribution in [0.4, 0.5) is 0 Å². The Morgan fingerprint density at radius 2 is 2.00 bits per heavy atom. The zero-order valence-electron chi connectivity index (χ0n) is 18.7. The number of carbonyl (C=O) groups is 2. The van der Waals surface area contributed by atoms with E-state index >= 15 is 0 Å². The van der Waals surface area contributed by atoms with Gasteiger partial charge in [-0.1, -0.05) is 43.7 Å². The molecule has 0 spiro atoms. The molecule has 0 saturated heterocycles. The molecule has 1 unspecified atom stereocenters. The molecule has 5 nitrogen and oxygen atoms in total. The lowest BCUT2D eigenvalue weighted by Crippen LogP contribution is -2.28. The second-order valence-corrected chi connectivity index (χ2v) is 8.44. The number of aryl methyl sites for hydroxylation is 2. The number of cyclic esters (lactones) is 1. The molecule has 160 valence electrons. The van der Waals surface area contributed by atoms with Gasteiger partial charge < -0.3 is 4.74 Å². The lowest BCUT2D eigenvalue weighted by atomic mass is 9.87. The van der Waals surface area contributed by atoms with Gasteiger partial charge in [0.25, 0.3) is 0 Å². The number of fused-ring (bicyclic) bond motifs is 1. The van der Waals surface area contributed by atoms with Crippen LogP contribution in [0.5, 0.6) is 0 Å². The summed E-state index contributed by atoms with van der Waals surface area (Å²) in [5, 5.41) is 1.27. The van der Waals surface area contributed by atoms with Crippen LogP contribution in [0, 0.1) is 25.7 Å². The van der Waals surface area contributed by atoms with Gasteiger partial charge in [0.1, 0.15) is 6.10 Å². The first-order valence-corrected chi connectivity index (χ1v) is 10.5. The molecule has 1 heterocycles. The van der Waals surface area contributed by atoms with Gasteiger partial charge in [0.05, 0.1) is 12.7 Å². The van der Waals surface area contributed by atoms with Gasteiger partial charge in [-0.3, -0.25) is 9.63 Å². The zero-order valence-corrected chi connectivity index (χ0v) is 18.7. The molecule has 0 aromatic heterocycles. The molecule has 0 saturated carbocycles. The molecule has 0 radical (unpaired) electrons. The monoisotopic (exact) mass is 401 g/mol. The molecule has 0 N–H and O–H groups in total. The molecule has 29 heavy (non-hydrogen) atoms. The Morgan fingerprint density at radius 1 is 1.28 bits per heavy atom. The fourth-order valence-electron chi connectivity index (χ4n) is 3.91. The normalized spacial score (nSPS) is 21.6. The van der Waals surface area contributed by atoms with Gasteiger partial charge in [0.2, 0.25) is 5.91 Å². The number of esters is 1. The minimum absolute atomic E-state index is 0.0538. The van der Waals surface area contributed by atoms with E-state index in [9.17, 15) is 9.59 Å². The number of carbonyl (C=O) groups excluding carboxylic acids is 2. The predicted molar refractivity (Wildman–Crippen MR) is 115 cm³/mol. The van der Waals surface area contributed by atoms with Crippen molar-refractivity contribution in [3.05, 3.63) is 46.5 Å². The van der Waals surface area contributed by atoms with Gasteiger partial charge in [0.15, 0.2) is 0 Å². The van der Waals surface area contributed by atoms with Crippen molar-refractivity contribution in [2.24, 2.45) is 11.8 Å². The van der Waals surface area contributed by atoms with Crippen molar-refractivity contribution in [3.8, 4) is 0 Å². The van der Waals surface area contributed by atoms with Crippen LogP contribution in [0.2, 0.25) is 0 Å². The fourth-order valence-corrected chi connectivity index (χ4v) is 3.91. The van der Waals surface area contributed by atoms with Crippen LogP contribution in [-0.4, -0.2) is 37.2 Å². The highest BCUT2D eigenvalue weighted by Crippen LogP contribution is 2.27. The summed E-state index contributed by atoms with van der Waals surface area (Å²) >= 11 is 0. The summed E-state index contributed by atoms with van der Waals surface area (Å²) < 4.78 is 5.92. The number of ether oxygens (including phenoxy) is 1. The Kier molecular flexibility index (Phi) is 8.45. The maximum Gasteiger partial charge on any atom is 0.338 e.